The van der Waals surface area contributed by atoms with Gasteiger partial charge in [-0.25, -0.2) is 4.98 Å². The van der Waals surface area contributed by atoms with Gasteiger partial charge in [0, 0.05) is 42.7 Å². The van der Waals surface area contributed by atoms with Crippen LogP contribution >= 0.6 is 11.3 Å². The van der Waals surface area contributed by atoms with E-state index in [0.29, 0.717) is 5.56 Å². The lowest BCUT2D eigenvalue weighted by Crippen LogP contribution is -2.44. The van der Waals surface area contributed by atoms with Crippen molar-refractivity contribution in [3.63, 3.8) is 0 Å². The molecule has 0 aliphatic carbocycles. The third-order valence-electron chi connectivity index (χ3n) is 4.05. The van der Waals surface area contributed by atoms with Crippen molar-refractivity contribution < 1.29 is 4.79 Å². The van der Waals surface area contributed by atoms with E-state index in [1.165, 1.54) is 0 Å². The summed E-state index contributed by atoms with van der Waals surface area (Å²) < 4.78 is 0. The van der Waals surface area contributed by atoms with Crippen LogP contribution in [0.1, 0.15) is 15.9 Å². The molecular weight excluding hydrogens is 296 g/mol. The molecule has 0 spiro atoms. The molecule has 1 amide bonds. The highest BCUT2D eigenvalue weighted by Crippen LogP contribution is 2.29. The van der Waals surface area contributed by atoms with Crippen LogP contribution in [0.4, 0.5) is 5.13 Å². The molecule has 0 bridgehead atoms. The van der Waals surface area contributed by atoms with Crippen molar-refractivity contribution in [1.29, 1.82) is 0 Å². The van der Waals surface area contributed by atoms with Gasteiger partial charge in [0.15, 0.2) is 5.13 Å². The molecular formula is C16H20N4OS. The van der Waals surface area contributed by atoms with E-state index in [1.807, 2.05) is 19.1 Å². The number of anilines is 1. The smallest absolute Gasteiger partial charge is 0.248 e. The number of primary amides is 1. The van der Waals surface area contributed by atoms with E-state index in [0.717, 1.165) is 48.1 Å². The van der Waals surface area contributed by atoms with E-state index in [-0.39, 0.29) is 5.91 Å². The number of carbonyl (C=O) groups is 1. The first-order valence-corrected chi connectivity index (χ1v) is 8.22. The highest BCUT2D eigenvalue weighted by molar-refractivity contribution is 7.14. The molecule has 0 unspecified atom stereocenters. The average Bonchev–Trinajstić information content (AvgIpc) is 2.97. The van der Waals surface area contributed by atoms with E-state index >= 15 is 0 Å². The Morgan fingerprint density at radius 1 is 1.27 bits per heavy atom. The number of nitrogens with zero attached hydrogens (tertiary/aromatic N) is 3. The van der Waals surface area contributed by atoms with E-state index in [1.54, 1.807) is 17.4 Å². The molecule has 2 aromatic rings. The highest BCUT2D eigenvalue weighted by atomic mass is 32.1. The molecule has 1 fully saturated rings. The fourth-order valence-corrected chi connectivity index (χ4v) is 3.53. The fourth-order valence-electron chi connectivity index (χ4n) is 2.64. The van der Waals surface area contributed by atoms with Gasteiger partial charge in [0.2, 0.25) is 5.91 Å². The zero-order valence-electron chi connectivity index (χ0n) is 12.9. The van der Waals surface area contributed by atoms with Crippen molar-refractivity contribution in [3.8, 4) is 11.3 Å². The number of aryl methyl sites for hydroxylation is 1. The van der Waals surface area contributed by atoms with Crippen molar-refractivity contribution in [1.82, 2.24) is 9.88 Å². The summed E-state index contributed by atoms with van der Waals surface area (Å²) in [6, 6.07) is 5.67. The van der Waals surface area contributed by atoms with Gasteiger partial charge in [0.1, 0.15) is 0 Å². The predicted molar refractivity (Wildman–Crippen MR) is 90.5 cm³/mol. The molecule has 1 saturated heterocycles. The first kappa shape index (κ1) is 15.0. The maximum atomic E-state index is 11.3. The number of hydrogen-bond donors (Lipinski definition) is 1. The number of rotatable bonds is 3. The molecule has 0 saturated carbocycles. The van der Waals surface area contributed by atoms with Crippen molar-refractivity contribution in [3.05, 3.63) is 34.7 Å². The number of nitrogens with two attached hydrogens (primary N) is 1. The summed E-state index contributed by atoms with van der Waals surface area (Å²) in [5, 5.41) is 3.14. The zero-order chi connectivity index (χ0) is 15.7. The molecule has 2 heterocycles. The summed E-state index contributed by atoms with van der Waals surface area (Å²) in [4.78, 5) is 20.7. The van der Waals surface area contributed by atoms with Gasteiger partial charge in [-0.1, -0.05) is 6.07 Å². The number of likely N-dealkylation sites (N-methyl/N-ethyl adjacent to an activating group) is 1. The number of carbonyl (C=O) groups excluding carboxylic acids is 1. The van der Waals surface area contributed by atoms with E-state index in [4.69, 9.17) is 10.7 Å². The van der Waals surface area contributed by atoms with Crippen LogP contribution in [0.25, 0.3) is 11.3 Å². The number of thiazole rings is 1. The second kappa shape index (κ2) is 6.06. The number of amides is 1. The van der Waals surface area contributed by atoms with E-state index in [2.05, 4.69) is 22.2 Å². The molecule has 5 nitrogen and oxygen atoms in total. The molecule has 22 heavy (non-hydrogen) atoms. The van der Waals surface area contributed by atoms with Crippen LogP contribution in [0.15, 0.2) is 23.6 Å². The Morgan fingerprint density at radius 2 is 2.00 bits per heavy atom. The molecule has 1 aromatic carbocycles. The minimum atomic E-state index is -0.388. The van der Waals surface area contributed by atoms with E-state index < -0.39 is 0 Å². The Kier molecular flexibility index (Phi) is 4.13. The Morgan fingerprint density at radius 3 is 2.64 bits per heavy atom. The summed E-state index contributed by atoms with van der Waals surface area (Å²) in [6.07, 6.45) is 0. The van der Waals surface area contributed by atoms with Crippen molar-refractivity contribution in [2.24, 2.45) is 5.73 Å². The Hall–Kier alpha value is -1.92. The van der Waals surface area contributed by atoms with Gasteiger partial charge in [-0.3, -0.25) is 4.79 Å². The summed E-state index contributed by atoms with van der Waals surface area (Å²) in [5.41, 5.74) is 8.79. The van der Waals surface area contributed by atoms with Crippen LogP contribution < -0.4 is 10.6 Å². The number of hydrogen-bond acceptors (Lipinski definition) is 5. The lowest BCUT2D eigenvalue weighted by molar-refractivity contribution is 0.0999. The number of aromatic nitrogens is 1. The Bertz CT molecular complexity index is 689. The maximum Gasteiger partial charge on any atom is 0.248 e. The van der Waals surface area contributed by atoms with Crippen LogP contribution in [0, 0.1) is 6.92 Å². The molecule has 1 aromatic heterocycles. The standard InChI is InChI=1S/C16H20N4OS/c1-11-9-12(3-4-13(11)15(17)21)14-10-22-16(18-14)20-7-5-19(2)6-8-20/h3-4,9-10H,5-8H2,1-2H3,(H2,17,21). The summed E-state index contributed by atoms with van der Waals surface area (Å²) in [7, 11) is 2.15. The van der Waals surface area contributed by atoms with Gasteiger partial charge < -0.3 is 15.5 Å². The first-order valence-electron chi connectivity index (χ1n) is 7.34. The van der Waals surface area contributed by atoms with Crippen LogP contribution in [-0.2, 0) is 0 Å². The maximum absolute atomic E-state index is 11.3. The Balaban J connectivity index is 1.82. The molecule has 6 heteroatoms. The average molecular weight is 316 g/mol. The van der Waals surface area contributed by atoms with Gasteiger partial charge in [-0.2, -0.15) is 0 Å². The van der Waals surface area contributed by atoms with Crippen molar-refractivity contribution >= 4 is 22.4 Å². The monoisotopic (exact) mass is 316 g/mol. The summed E-state index contributed by atoms with van der Waals surface area (Å²) in [6.45, 7) is 6.08. The fraction of sp³-hybridized carbons (Fsp3) is 0.375. The normalized spacial score (nSPS) is 16.0. The van der Waals surface area contributed by atoms with Gasteiger partial charge in [-0.15, -0.1) is 11.3 Å². The lowest BCUT2D eigenvalue weighted by atomic mass is 10.0. The van der Waals surface area contributed by atoms with Crippen LogP contribution in [-0.4, -0.2) is 49.0 Å². The summed E-state index contributed by atoms with van der Waals surface area (Å²) >= 11 is 1.67. The predicted octanol–water partition coefficient (Wildman–Crippen LogP) is 1.97. The number of piperazine rings is 1. The van der Waals surface area contributed by atoms with Gasteiger partial charge in [-0.05, 0) is 31.7 Å². The third kappa shape index (κ3) is 2.98. The molecule has 3 rings (SSSR count). The first-order chi connectivity index (χ1) is 10.5. The SMILES string of the molecule is Cc1cc(-c2csc(N3CCN(C)CC3)n2)ccc1C(N)=O. The second-order valence-corrected chi connectivity index (χ2v) is 6.54. The van der Waals surface area contributed by atoms with Gasteiger partial charge in [0.05, 0.1) is 5.69 Å². The Labute approximate surface area is 134 Å². The molecule has 2 N–H and O–H groups in total. The second-order valence-electron chi connectivity index (χ2n) is 5.70. The molecule has 1 aliphatic rings. The minimum absolute atomic E-state index is 0.388. The van der Waals surface area contributed by atoms with Crippen LogP contribution in [0.3, 0.4) is 0 Å². The lowest BCUT2D eigenvalue weighted by Gasteiger charge is -2.32. The number of benzene rings is 1. The van der Waals surface area contributed by atoms with Gasteiger partial charge in [0.25, 0.3) is 0 Å². The highest BCUT2D eigenvalue weighted by Gasteiger charge is 2.17. The molecule has 0 atom stereocenters. The van der Waals surface area contributed by atoms with Crippen LogP contribution in [0.5, 0.6) is 0 Å². The minimum Gasteiger partial charge on any atom is -0.366 e. The topological polar surface area (TPSA) is 62.5 Å². The summed E-state index contributed by atoms with van der Waals surface area (Å²) in [5.74, 6) is -0.388. The zero-order valence-corrected chi connectivity index (χ0v) is 13.7. The third-order valence-corrected chi connectivity index (χ3v) is 4.95. The quantitative estimate of drug-likeness (QED) is 0.940. The van der Waals surface area contributed by atoms with E-state index in [9.17, 15) is 4.79 Å². The molecule has 116 valence electrons. The van der Waals surface area contributed by atoms with Gasteiger partial charge >= 0.3 is 0 Å². The molecule has 0 radical (unpaired) electrons. The van der Waals surface area contributed by atoms with Crippen LogP contribution in [0.2, 0.25) is 0 Å². The van der Waals surface area contributed by atoms with Crippen molar-refractivity contribution in [2.75, 3.05) is 38.1 Å². The largest absolute Gasteiger partial charge is 0.366 e. The molecule has 1 aliphatic heterocycles. The van der Waals surface area contributed by atoms with Crippen molar-refractivity contribution in [2.45, 2.75) is 6.92 Å².